The zero-order valence-electron chi connectivity index (χ0n) is 15.4. The van der Waals surface area contributed by atoms with Crippen molar-refractivity contribution in [3.05, 3.63) is 73.8 Å². The number of rotatable bonds is 4. The number of aliphatic hydroxyl groups is 1. The Balaban J connectivity index is 2.24. The molecule has 2 aromatic rings. The average Bonchev–Trinajstić information content (AvgIpc) is 2.90. The molecule has 1 unspecified atom stereocenters. The standard InChI is InChI=1S/C20H18Cl2N2O4/c1-10(2)17(25)15-16(11-4-6-12(21)7-5-11)24(20(28)18(15)26)13-8-14(22)19(27)23(3)9-13/h4-10,16,26H,1-3H3. The molecule has 0 spiro atoms. The molecule has 1 aromatic carbocycles. The van der Waals surface area contributed by atoms with Gasteiger partial charge >= 0.3 is 0 Å². The number of ketones is 1. The number of amides is 1. The molecule has 1 N–H and O–H groups in total. The quantitative estimate of drug-likeness (QED) is 0.814. The molecule has 0 saturated carbocycles. The van der Waals surface area contributed by atoms with Gasteiger partial charge < -0.3 is 9.67 Å². The van der Waals surface area contributed by atoms with E-state index in [9.17, 15) is 19.5 Å². The normalized spacial score (nSPS) is 17.0. The molecule has 28 heavy (non-hydrogen) atoms. The second-order valence-electron chi connectivity index (χ2n) is 6.87. The summed E-state index contributed by atoms with van der Waals surface area (Å²) < 4.78 is 1.24. The summed E-state index contributed by atoms with van der Waals surface area (Å²) in [5, 5.41) is 10.9. The lowest BCUT2D eigenvalue weighted by molar-refractivity contribution is -0.119. The van der Waals surface area contributed by atoms with Gasteiger partial charge in [0.05, 0.1) is 17.3 Å². The fraction of sp³-hybridized carbons (Fsp3) is 0.250. The van der Waals surface area contributed by atoms with Crippen LogP contribution in [0.2, 0.25) is 10.0 Å². The molecule has 1 atom stereocenters. The van der Waals surface area contributed by atoms with E-state index < -0.39 is 29.2 Å². The number of aliphatic hydroxyl groups excluding tert-OH is 1. The molecule has 0 aliphatic carbocycles. The Morgan fingerprint density at radius 1 is 1.14 bits per heavy atom. The summed E-state index contributed by atoms with van der Waals surface area (Å²) in [7, 11) is 1.50. The molecular formula is C20H18Cl2N2O4. The topological polar surface area (TPSA) is 79.6 Å². The molecule has 8 heteroatoms. The number of carbonyl (C=O) groups is 2. The van der Waals surface area contributed by atoms with Crippen LogP contribution in [0.25, 0.3) is 0 Å². The van der Waals surface area contributed by atoms with Crippen LogP contribution in [0.15, 0.2) is 52.7 Å². The molecule has 0 radical (unpaired) electrons. The molecule has 3 rings (SSSR count). The molecule has 0 bridgehead atoms. The second kappa shape index (κ2) is 7.45. The third-order valence-electron chi connectivity index (χ3n) is 4.59. The maximum absolute atomic E-state index is 12.9. The van der Waals surface area contributed by atoms with Gasteiger partial charge in [0.1, 0.15) is 5.02 Å². The van der Waals surface area contributed by atoms with Gasteiger partial charge in [0.25, 0.3) is 11.5 Å². The van der Waals surface area contributed by atoms with Crippen LogP contribution in [-0.2, 0) is 16.6 Å². The summed E-state index contributed by atoms with van der Waals surface area (Å²) in [6.45, 7) is 3.38. The van der Waals surface area contributed by atoms with Crippen LogP contribution in [-0.4, -0.2) is 21.4 Å². The summed E-state index contributed by atoms with van der Waals surface area (Å²) in [6.07, 6.45) is 1.44. The summed E-state index contributed by atoms with van der Waals surface area (Å²) >= 11 is 12.0. The number of hydrogen-bond acceptors (Lipinski definition) is 4. The first-order valence-corrected chi connectivity index (χ1v) is 9.31. The number of hydrogen-bond donors (Lipinski definition) is 1. The predicted molar refractivity (Wildman–Crippen MR) is 108 cm³/mol. The fourth-order valence-electron chi connectivity index (χ4n) is 3.18. The second-order valence-corrected chi connectivity index (χ2v) is 7.72. The van der Waals surface area contributed by atoms with Crippen LogP contribution in [0.3, 0.4) is 0 Å². The molecule has 1 amide bonds. The molecule has 0 saturated heterocycles. The van der Waals surface area contributed by atoms with Gasteiger partial charge in [0.15, 0.2) is 11.5 Å². The van der Waals surface area contributed by atoms with E-state index in [1.165, 1.54) is 28.8 Å². The summed E-state index contributed by atoms with van der Waals surface area (Å²) in [6, 6.07) is 7.13. The molecular weight excluding hydrogens is 403 g/mol. The van der Waals surface area contributed by atoms with Gasteiger partial charge in [0, 0.05) is 24.2 Å². The highest BCUT2D eigenvalue weighted by Crippen LogP contribution is 2.42. The minimum atomic E-state index is -0.867. The highest BCUT2D eigenvalue weighted by Gasteiger charge is 2.45. The van der Waals surface area contributed by atoms with Gasteiger partial charge in [-0.1, -0.05) is 49.2 Å². The van der Waals surface area contributed by atoms with Crippen LogP contribution in [0, 0.1) is 5.92 Å². The molecule has 1 aliphatic rings. The number of carbonyl (C=O) groups excluding carboxylic acids is 2. The fourth-order valence-corrected chi connectivity index (χ4v) is 3.55. The van der Waals surface area contributed by atoms with Crippen LogP contribution < -0.4 is 10.5 Å². The van der Waals surface area contributed by atoms with E-state index in [0.717, 1.165) is 0 Å². The van der Waals surface area contributed by atoms with E-state index in [0.29, 0.717) is 10.6 Å². The van der Waals surface area contributed by atoms with Gasteiger partial charge in [-0.15, -0.1) is 0 Å². The number of benzene rings is 1. The summed E-state index contributed by atoms with van der Waals surface area (Å²) in [4.78, 5) is 38.9. The van der Waals surface area contributed by atoms with Crippen molar-refractivity contribution in [3.63, 3.8) is 0 Å². The lowest BCUT2D eigenvalue weighted by Crippen LogP contribution is -2.32. The van der Waals surface area contributed by atoms with Crippen molar-refractivity contribution >= 4 is 40.6 Å². The third-order valence-corrected chi connectivity index (χ3v) is 5.11. The van der Waals surface area contributed by atoms with Crippen molar-refractivity contribution in [1.82, 2.24) is 4.57 Å². The Bertz CT molecular complexity index is 1030. The van der Waals surface area contributed by atoms with E-state index in [2.05, 4.69) is 0 Å². The van der Waals surface area contributed by atoms with Crippen molar-refractivity contribution in [3.8, 4) is 0 Å². The number of aromatic nitrogens is 1. The Morgan fingerprint density at radius 2 is 1.75 bits per heavy atom. The Morgan fingerprint density at radius 3 is 2.29 bits per heavy atom. The van der Waals surface area contributed by atoms with Crippen LogP contribution >= 0.6 is 23.2 Å². The van der Waals surface area contributed by atoms with E-state index in [4.69, 9.17) is 23.2 Å². The van der Waals surface area contributed by atoms with Crippen LogP contribution in [0.5, 0.6) is 0 Å². The first kappa shape index (κ1) is 20.2. The van der Waals surface area contributed by atoms with Crippen LogP contribution in [0.4, 0.5) is 5.69 Å². The third kappa shape index (κ3) is 3.34. The monoisotopic (exact) mass is 420 g/mol. The highest BCUT2D eigenvalue weighted by molar-refractivity contribution is 6.31. The van der Waals surface area contributed by atoms with Crippen molar-refractivity contribution < 1.29 is 14.7 Å². The molecule has 6 nitrogen and oxygen atoms in total. The van der Waals surface area contributed by atoms with Crippen LogP contribution in [0.1, 0.15) is 25.5 Å². The number of nitrogens with zero attached hydrogens (tertiary/aromatic N) is 2. The lowest BCUT2D eigenvalue weighted by Gasteiger charge is -2.27. The number of halogens is 2. The van der Waals surface area contributed by atoms with E-state index >= 15 is 0 Å². The SMILES string of the molecule is CC(C)C(=O)C1=C(O)C(=O)N(c2cc(Cl)c(=O)n(C)c2)C1c1ccc(Cl)cc1. The smallest absolute Gasteiger partial charge is 0.294 e. The van der Waals surface area contributed by atoms with Gasteiger partial charge in [-0.2, -0.15) is 0 Å². The van der Waals surface area contributed by atoms with Crippen molar-refractivity contribution in [2.45, 2.75) is 19.9 Å². The van der Waals surface area contributed by atoms with Gasteiger partial charge in [-0.25, -0.2) is 0 Å². The maximum atomic E-state index is 12.9. The predicted octanol–water partition coefficient (Wildman–Crippen LogP) is 3.82. The number of aryl methyl sites for hydroxylation is 1. The Labute approximate surface area is 171 Å². The molecule has 1 aliphatic heterocycles. The lowest BCUT2D eigenvalue weighted by atomic mass is 9.91. The van der Waals surface area contributed by atoms with Crippen molar-refractivity contribution in [2.24, 2.45) is 13.0 Å². The first-order valence-electron chi connectivity index (χ1n) is 8.56. The minimum absolute atomic E-state index is 0.00676. The zero-order valence-corrected chi connectivity index (χ0v) is 17.0. The minimum Gasteiger partial charge on any atom is -0.503 e. The van der Waals surface area contributed by atoms with E-state index in [-0.39, 0.29) is 22.1 Å². The first-order chi connectivity index (χ1) is 13.1. The number of pyridine rings is 1. The summed E-state index contributed by atoms with van der Waals surface area (Å²) in [5.74, 6) is -2.12. The van der Waals surface area contributed by atoms with Gasteiger partial charge in [0.2, 0.25) is 0 Å². The molecule has 2 heterocycles. The average molecular weight is 421 g/mol. The molecule has 1 aromatic heterocycles. The highest BCUT2D eigenvalue weighted by atomic mass is 35.5. The van der Waals surface area contributed by atoms with E-state index in [1.807, 2.05) is 0 Å². The largest absolute Gasteiger partial charge is 0.503 e. The zero-order chi connectivity index (χ0) is 20.7. The maximum Gasteiger partial charge on any atom is 0.294 e. The van der Waals surface area contributed by atoms with Gasteiger partial charge in [-0.3, -0.25) is 19.3 Å². The molecule has 146 valence electrons. The number of Topliss-reactive ketones (excluding diaryl/α,β-unsaturated/α-hetero) is 1. The van der Waals surface area contributed by atoms with Gasteiger partial charge in [-0.05, 0) is 23.8 Å². The van der Waals surface area contributed by atoms with E-state index in [1.54, 1.807) is 38.1 Å². The Kier molecular flexibility index (Phi) is 5.37. The number of anilines is 1. The van der Waals surface area contributed by atoms with Crippen molar-refractivity contribution in [1.29, 1.82) is 0 Å². The van der Waals surface area contributed by atoms with Crippen molar-refractivity contribution in [2.75, 3.05) is 4.90 Å². The molecule has 0 fully saturated rings. The Hall–Kier alpha value is -2.57. The summed E-state index contributed by atoms with van der Waals surface area (Å²) in [5.41, 5.74) is 0.467.